The Morgan fingerprint density at radius 3 is 3.06 bits per heavy atom. The first-order chi connectivity index (χ1) is 8.20. The molecule has 0 N–H and O–H groups in total. The summed E-state index contributed by atoms with van der Waals surface area (Å²) in [4.78, 5) is 4.27. The Kier molecular flexibility index (Phi) is 3.60. The second-order valence-electron chi connectivity index (χ2n) is 4.32. The van der Waals surface area contributed by atoms with Crippen LogP contribution in [0.3, 0.4) is 0 Å². The van der Waals surface area contributed by atoms with E-state index in [1.165, 1.54) is 0 Å². The molecule has 0 aromatic carbocycles. The molecule has 1 fully saturated rings. The Bertz CT molecular complexity index is 445. The number of nitrogens with zero attached hydrogens (tertiary/aromatic N) is 2. The van der Waals surface area contributed by atoms with Crippen LogP contribution >= 0.6 is 0 Å². The number of aryl methyl sites for hydroxylation is 2. The lowest BCUT2D eigenvalue weighted by molar-refractivity contribution is 0.0661. The fourth-order valence-electron chi connectivity index (χ4n) is 1.99. The molecule has 17 heavy (non-hydrogen) atoms. The van der Waals surface area contributed by atoms with Crippen molar-refractivity contribution in [3.05, 3.63) is 22.9 Å². The van der Waals surface area contributed by atoms with Gasteiger partial charge in [0.05, 0.1) is 6.10 Å². The number of ether oxygens (including phenoxy) is 2. The molecule has 0 radical (unpaired) electrons. The molecule has 0 saturated carbocycles. The van der Waals surface area contributed by atoms with Gasteiger partial charge in [-0.3, -0.25) is 0 Å². The van der Waals surface area contributed by atoms with Crippen molar-refractivity contribution in [2.75, 3.05) is 13.2 Å². The molecule has 1 aliphatic rings. The zero-order valence-electron chi connectivity index (χ0n) is 10.2. The first-order valence-electron chi connectivity index (χ1n) is 5.83. The van der Waals surface area contributed by atoms with Crippen molar-refractivity contribution >= 4 is 0 Å². The summed E-state index contributed by atoms with van der Waals surface area (Å²) in [5, 5.41) is 9.08. The third-order valence-electron chi connectivity index (χ3n) is 2.85. The summed E-state index contributed by atoms with van der Waals surface area (Å²) < 4.78 is 11.1. The van der Waals surface area contributed by atoms with Crippen molar-refractivity contribution in [3.63, 3.8) is 0 Å². The maximum atomic E-state index is 9.08. The highest BCUT2D eigenvalue weighted by atomic mass is 16.5. The van der Waals surface area contributed by atoms with Crippen LogP contribution in [0, 0.1) is 25.2 Å². The van der Waals surface area contributed by atoms with Gasteiger partial charge in [0.25, 0.3) is 0 Å². The summed E-state index contributed by atoms with van der Waals surface area (Å²) in [6.45, 7) is 5.07. The zero-order chi connectivity index (χ0) is 12.3. The largest absolute Gasteiger partial charge is 0.474 e. The molecule has 4 nitrogen and oxygen atoms in total. The summed E-state index contributed by atoms with van der Waals surface area (Å²) >= 11 is 0. The normalized spacial score (nSPS) is 19.0. The van der Waals surface area contributed by atoms with Crippen LogP contribution in [-0.4, -0.2) is 24.3 Å². The summed E-state index contributed by atoms with van der Waals surface area (Å²) in [5.74, 6) is 0.431. The summed E-state index contributed by atoms with van der Waals surface area (Å²) in [5.41, 5.74) is 2.29. The van der Waals surface area contributed by atoms with Crippen LogP contribution in [0.1, 0.15) is 29.7 Å². The van der Waals surface area contributed by atoms with Gasteiger partial charge in [-0.2, -0.15) is 5.26 Å². The Balaban J connectivity index is 2.11. The van der Waals surface area contributed by atoms with E-state index in [2.05, 4.69) is 11.1 Å². The average molecular weight is 232 g/mol. The summed E-state index contributed by atoms with van der Waals surface area (Å²) in [6.07, 6.45) is 2.25. The van der Waals surface area contributed by atoms with Crippen molar-refractivity contribution in [1.82, 2.24) is 4.98 Å². The number of nitriles is 1. The second-order valence-corrected chi connectivity index (χ2v) is 4.32. The van der Waals surface area contributed by atoms with Crippen LogP contribution in [0.5, 0.6) is 5.88 Å². The maximum absolute atomic E-state index is 9.08. The average Bonchev–Trinajstić information content (AvgIpc) is 2.78. The van der Waals surface area contributed by atoms with Crippen LogP contribution in [0.25, 0.3) is 0 Å². The van der Waals surface area contributed by atoms with Crippen molar-refractivity contribution in [2.24, 2.45) is 0 Å². The summed E-state index contributed by atoms with van der Waals surface area (Å²) in [6, 6.07) is 4.02. The molecule has 1 saturated heterocycles. The van der Waals surface area contributed by atoms with E-state index in [-0.39, 0.29) is 6.10 Å². The van der Waals surface area contributed by atoms with Crippen molar-refractivity contribution in [3.8, 4) is 11.9 Å². The predicted molar refractivity (Wildman–Crippen MR) is 62.9 cm³/mol. The van der Waals surface area contributed by atoms with Gasteiger partial charge in [-0.15, -0.1) is 0 Å². The lowest BCUT2D eigenvalue weighted by Gasteiger charge is -2.13. The van der Waals surface area contributed by atoms with Crippen LogP contribution in [0.15, 0.2) is 6.07 Å². The lowest BCUT2D eigenvalue weighted by Crippen LogP contribution is -2.17. The van der Waals surface area contributed by atoms with Crippen LogP contribution in [0.4, 0.5) is 0 Å². The molecule has 4 heteroatoms. The Morgan fingerprint density at radius 2 is 2.41 bits per heavy atom. The third kappa shape index (κ3) is 2.75. The number of hydrogen-bond acceptors (Lipinski definition) is 4. The molecule has 1 aromatic heterocycles. The number of hydrogen-bond donors (Lipinski definition) is 0. The van der Waals surface area contributed by atoms with E-state index >= 15 is 0 Å². The van der Waals surface area contributed by atoms with E-state index in [0.29, 0.717) is 18.1 Å². The SMILES string of the molecule is Cc1cc(C)c(C#N)c(OC[C@@H]2CCCO2)n1. The van der Waals surface area contributed by atoms with E-state index in [4.69, 9.17) is 14.7 Å². The van der Waals surface area contributed by atoms with Crippen molar-refractivity contribution in [2.45, 2.75) is 32.8 Å². The monoisotopic (exact) mass is 232 g/mol. The van der Waals surface area contributed by atoms with E-state index in [0.717, 1.165) is 30.7 Å². The van der Waals surface area contributed by atoms with Crippen LogP contribution in [0.2, 0.25) is 0 Å². The first-order valence-corrected chi connectivity index (χ1v) is 5.83. The number of pyridine rings is 1. The van der Waals surface area contributed by atoms with Gasteiger partial charge in [0, 0.05) is 12.3 Å². The molecule has 2 heterocycles. The molecule has 90 valence electrons. The topological polar surface area (TPSA) is 55.1 Å². The maximum Gasteiger partial charge on any atom is 0.232 e. The molecule has 0 bridgehead atoms. The molecule has 0 unspecified atom stereocenters. The van der Waals surface area contributed by atoms with Crippen molar-refractivity contribution < 1.29 is 9.47 Å². The van der Waals surface area contributed by atoms with E-state index in [9.17, 15) is 0 Å². The van der Waals surface area contributed by atoms with Gasteiger partial charge in [0.15, 0.2) is 0 Å². The molecule has 0 aliphatic carbocycles. The minimum atomic E-state index is 0.143. The van der Waals surface area contributed by atoms with Gasteiger partial charge in [-0.1, -0.05) is 0 Å². The minimum Gasteiger partial charge on any atom is -0.474 e. The third-order valence-corrected chi connectivity index (χ3v) is 2.85. The molecule has 2 rings (SSSR count). The fraction of sp³-hybridized carbons (Fsp3) is 0.538. The van der Waals surface area contributed by atoms with E-state index in [1.807, 2.05) is 19.9 Å². The predicted octanol–water partition coefficient (Wildman–Crippen LogP) is 2.13. The van der Waals surface area contributed by atoms with Gasteiger partial charge >= 0.3 is 0 Å². The molecule has 1 aliphatic heterocycles. The quantitative estimate of drug-likeness (QED) is 0.801. The number of rotatable bonds is 3. The van der Waals surface area contributed by atoms with Crippen LogP contribution < -0.4 is 4.74 Å². The number of aromatic nitrogens is 1. The van der Waals surface area contributed by atoms with E-state index < -0.39 is 0 Å². The molecule has 1 aromatic rings. The molecular weight excluding hydrogens is 216 g/mol. The first kappa shape index (κ1) is 11.9. The van der Waals surface area contributed by atoms with E-state index in [1.54, 1.807) is 0 Å². The Labute approximate surface area is 101 Å². The van der Waals surface area contributed by atoms with Gasteiger partial charge in [-0.05, 0) is 38.3 Å². The highest BCUT2D eigenvalue weighted by Crippen LogP contribution is 2.21. The Hall–Kier alpha value is -1.60. The lowest BCUT2D eigenvalue weighted by atomic mass is 10.1. The van der Waals surface area contributed by atoms with Gasteiger partial charge in [0.2, 0.25) is 5.88 Å². The zero-order valence-corrected chi connectivity index (χ0v) is 10.2. The molecule has 0 amide bonds. The summed E-state index contributed by atoms with van der Waals surface area (Å²) in [7, 11) is 0. The van der Waals surface area contributed by atoms with Gasteiger partial charge in [-0.25, -0.2) is 4.98 Å². The highest BCUT2D eigenvalue weighted by molar-refractivity contribution is 5.45. The molecular formula is C13H16N2O2. The van der Waals surface area contributed by atoms with Crippen LogP contribution in [-0.2, 0) is 4.74 Å². The fourth-order valence-corrected chi connectivity index (χ4v) is 1.99. The van der Waals surface area contributed by atoms with Gasteiger partial charge in [0.1, 0.15) is 18.2 Å². The molecule has 0 spiro atoms. The van der Waals surface area contributed by atoms with Crippen molar-refractivity contribution in [1.29, 1.82) is 5.26 Å². The van der Waals surface area contributed by atoms with Gasteiger partial charge < -0.3 is 9.47 Å². The molecule has 1 atom stereocenters. The second kappa shape index (κ2) is 5.15. The standard InChI is InChI=1S/C13H16N2O2/c1-9-6-10(2)15-13(12(9)7-14)17-8-11-4-3-5-16-11/h6,11H,3-5,8H2,1-2H3/t11-/m0/s1. The minimum absolute atomic E-state index is 0.143. The Morgan fingerprint density at radius 1 is 1.59 bits per heavy atom. The highest BCUT2D eigenvalue weighted by Gasteiger charge is 2.18. The smallest absolute Gasteiger partial charge is 0.232 e.